The maximum atomic E-state index is 11.7. The second-order valence-corrected chi connectivity index (χ2v) is 4.70. The van der Waals surface area contributed by atoms with Crippen molar-refractivity contribution in [1.29, 1.82) is 0 Å². The highest BCUT2D eigenvalue weighted by Crippen LogP contribution is 2.20. The van der Waals surface area contributed by atoms with Crippen molar-refractivity contribution in [1.82, 2.24) is 15.4 Å². The number of aryl methyl sites for hydroxylation is 1. The summed E-state index contributed by atoms with van der Waals surface area (Å²) in [4.78, 5) is 19.6. The Kier molecular flexibility index (Phi) is 5.37. The van der Waals surface area contributed by atoms with Crippen LogP contribution in [0.15, 0.2) is 30.5 Å². The van der Waals surface area contributed by atoms with E-state index in [2.05, 4.69) is 20.8 Å². The summed E-state index contributed by atoms with van der Waals surface area (Å²) >= 11 is 5.92. The quantitative estimate of drug-likeness (QED) is 0.791. The monoisotopic (exact) mass is 322 g/mol. The molecule has 0 atom stereocenters. The van der Waals surface area contributed by atoms with E-state index in [1.165, 1.54) is 13.3 Å². The Morgan fingerprint density at radius 3 is 2.91 bits per heavy atom. The van der Waals surface area contributed by atoms with Gasteiger partial charge < -0.3 is 9.47 Å². The Balaban J connectivity index is 1.81. The van der Waals surface area contributed by atoms with Gasteiger partial charge in [-0.2, -0.15) is 4.98 Å². The van der Waals surface area contributed by atoms with Gasteiger partial charge in [-0.15, -0.1) is 0 Å². The first-order valence-electron chi connectivity index (χ1n) is 6.39. The Morgan fingerprint density at radius 1 is 1.36 bits per heavy atom. The van der Waals surface area contributed by atoms with Crippen LogP contribution in [0.3, 0.4) is 0 Å². The first kappa shape index (κ1) is 15.8. The fraction of sp³-hybridized carbons (Fsp3) is 0.214. The zero-order valence-corrected chi connectivity index (χ0v) is 12.8. The van der Waals surface area contributed by atoms with Crippen LogP contribution in [-0.4, -0.2) is 29.6 Å². The molecule has 1 aromatic heterocycles. The minimum absolute atomic E-state index is 0.155. The predicted octanol–water partition coefficient (Wildman–Crippen LogP) is 1.97. The molecule has 0 aliphatic carbocycles. The molecule has 0 saturated heterocycles. The third-order valence-electron chi connectivity index (χ3n) is 2.65. The number of benzene rings is 1. The molecular formula is C14H15ClN4O3. The van der Waals surface area contributed by atoms with Crippen LogP contribution >= 0.6 is 11.6 Å². The van der Waals surface area contributed by atoms with Gasteiger partial charge in [-0.25, -0.2) is 4.98 Å². The summed E-state index contributed by atoms with van der Waals surface area (Å²) in [6.45, 7) is 1.70. The average Bonchev–Trinajstić information content (AvgIpc) is 2.54. The Morgan fingerprint density at radius 2 is 2.18 bits per heavy atom. The number of nitrogens with one attached hydrogen (secondary N) is 2. The number of nitrogens with zero attached hydrogens (tertiary/aromatic N) is 2. The summed E-state index contributed by atoms with van der Waals surface area (Å²) in [5.41, 5.74) is 5.88. The van der Waals surface area contributed by atoms with Gasteiger partial charge >= 0.3 is 0 Å². The number of amides is 1. The summed E-state index contributed by atoms with van der Waals surface area (Å²) in [6.07, 6.45) is 1.51. The van der Waals surface area contributed by atoms with Crippen molar-refractivity contribution in [2.45, 2.75) is 6.92 Å². The molecule has 0 spiro atoms. The second kappa shape index (κ2) is 7.46. The summed E-state index contributed by atoms with van der Waals surface area (Å²) in [5.74, 6) is 0.795. The van der Waals surface area contributed by atoms with Gasteiger partial charge in [0.25, 0.3) is 5.91 Å². The van der Waals surface area contributed by atoms with E-state index >= 15 is 0 Å². The summed E-state index contributed by atoms with van der Waals surface area (Å²) < 4.78 is 10.3. The third kappa shape index (κ3) is 4.49. The van der Waals surface area contributed by atoms with Crippen LogP contribution in [0.1, 0.15) is 5.56 Å². The fourth-order valence-electron chi connectivity index (χ4n) is 1.53. The number of carbonyl (C=O) groups excluding carboxylic acids is 1. The van der Waals surface area contributed by atoms with E-state index in [9.17, 15) is 4.79 Å². The highest BCUT2D eigenvalue weighted by molar-refractivity contribution is 6.31. The second-order valence-electron chi connectivity index (χ2n) is 4.30. The summed E-state index contributed by atoms with van der Waals surface area (Å²) in [6, 6.07) is 6.76. The predicted molar refractivity (Wildman–Crippen MR) is 82.0 cm³/mol. The van der Waals surface area contributed by atoms with E-state index in [4.69, 9.17) is 21.1 Å². The van der Waals surface area contributed by atoms with Gasteiger partial charge in [0.2, 0.25) is 11.8 Å². The van der Waals surface area contributed by atoms with Crippen LogP contribution in [0.5, 0.6) is 11.6 Å². The van der Waals surface area contributed by atoms with Crippen LogP contribution in [0.25, 0.3) is 0 Å². The number of carbonyl (C=O) groups is 1. The standard InChI is InChI=1S/C14H15ClN4O3/c1-9-7-10(3-4-11(9)15)22-8-12(20)18-19-14-16-6-5-13(17-14)21-2/h3-7H,8H2,1-2H3,(H,18,20)(H,16,17,19). The van der Waals surface area contributed by atoms with Crippen LogP contribution in [0, 0.1) is 6.92 Å². The number of rotatable bonds is 6. The van der Waals surface area contributed by atoms with Crippen molar-refractivity contribution in [3.8, 4) is 11.6 Å². The van der Waals surface area contributed by atoms with Crippen molar-refractivity contribution in [2.75, 3.05) is 19.1 Å². The van der Waals surface area contributed by atoms with E-state index in [-0.39, 0.29) is 18.5 Å². The summed E-state index contributed by atoms with van der Waals surface area (Å²) in [5, 5.41) is 0.647. The smallest absolute Gasteiger partial charge is 0.276 e. The minimum Gasteiger partial charge on any atom is -0.484 e. The van der Waals surface area contributed by atoms with Gasteiger partial charge in [-0.3, -0.25) is 15.6 Å². The first-order chi connectivity index (χ1) is 10.6. The van der Waals surface area contributed by atoms with E-state index in [1.54, 1.807) is 24.3 Å². The molecular weight excluding hydrogens is 308 g/mol. The molecule has 2 N–H and O–H groups in total. The Labute approximate surface area is 132 Å². The molecule has 8 heteroatoms. The summed E-state index contributed by atoms with van der Waals surface area (Å²) in [7, 11) is 1.49. The number of hydrazine groups is 1. The zero-order chi connectivity index (χ0) is 15.9. The molecule has 0 radical (unpaired) electrons. The molecule has 1 heterocycles. The number of aromatic nitrogens is 2. The molecule has 2 rings (SSSR count). The van der Waals surface area contributed by atoms with E-state index in [1.807, 2.05) is 6.92 Å². The normalized spacial score (nSPS) is 9.95. The maximum Gasteiger partial charge on any atom is 0.276 e. The van der Waals surface area contributed by atoms with E-state index in [0.717, 1.165) is 5.56 Å². The molecule has 7 nitrogen and oxygen atoms in total. The first-order valence-corrected chi connectivity index (χ1v) is 6.77. The van der Waals surface area contributed by atoms with Crippen LogP contribution in [0.2, 0.25) is 5.02 Å². The SMILES string of the molecule is COc1ccnc(NNC(=O)COc2ccc(Cl)c(C)c2)n1. The van der Waals surface area contributed by atoms with Gasteiger partial charge in [0.05, 0.1) is 7.11 Å². The Bertz CT molecular complexity index is 666. The lowest BCUT2D eigenvalue weighted by molar-refractivity contribution is -0.122. The van der Waals surface area contributed by atoms with Crippen molar-refractivity contribution >= 4 is 23.5 Å². The molecule has 1 amide bonds. The minimum atomic E-state index is -0.376. The molecule has 0 aliphatic heterocycles. The van der Waals surface area contributed by atoms with Crippen LogP contribution < -0.4 is 20.3 Å². The van der Waals surface area contributed by atoms with Crippen LogP contribution in [-0.2, 0) is 4.79 Å². The number of ether oxygens (including phenoxy) is 2. The van der Waals surface area contributed by atoms with Gasteiger partial charge in [-0.05, 0) is 30.7 Å². The van der Waals surface area contributed by atoms with E-state index in [0.29, 0.717) is 16.7 Å². The molecule has 0 bridgehead atoms. The topological polar surface area (TPSA) is 85.4 Å². The van der Waals surface area contributed by atoms with Crippen molar-refractivity contribution in [3.05, 3.63) is 41.0 Å². The molecule has 0 saturated carbocycles. The molecule has 0 aliphatic rings. The fourth-order valence-corrected chi connectivity index (χ4v) is 1.65. The Hall–Kier alpha value is -2.54. The lowest BCUT2D eigenvalue weighted by Gasteiger charge is -2.09. The average molecular weight is 323 g/mol. The van der Waals surface area contributed by atoms with Gasteiger partial charge in [0.1, 0.15) is 5.75 Å². The maximum absolute atomic E-state index is 11.7. The zero-order valence-electron chi connectivity index (χ0n) is 12.1. The van der Waals surface area contributed by atoms with Crippen molar-refractivity contribution in [2.24, 2.45) is 0 Å². The highest BCUT2D eigenvalue weighted by Gasteiger charge is 2.05. The number of halogens is 1. The van der Waals surface area contributed by atoms with Gasteiger partial charge in [-0.1, -0.05) is 11.6 Å². The molecule has 116 valence electrons. The molecule has 0 unspecified atom stereocenters. The highest BCUT2D eigenvalue weighted by atomic mass is 35.5. The van der Waals surface area contributed by atoms with E-state index < -0.39 is 0 Å². The number of anilines is 1. The number of hydrogen-bond acceptors (Lipinski definition) is 6. The lowest BCUT2D eigenvalue weighted by Crippen LogP contribution is -2.34. The molecule has 0 fully saturated rings. The number of hydrogen-bond donors (Lipinski definition) is 2. The van der Waals surface area contributed by atoms with Crippen molar-refractivity contribution in [3.63, 3.8) is 0 Å². The number of methoxy groups -OCH3 is 1. The van der Waals surface area contributed by atoms with Crippen molar-refractivity contribution < 1.29 is 14.3 Å². The largest absolute Gasteiger partial charge is 0.484 e. The van der Waals surface area contributed by atoms with Gasteiger partial charge in [0.15, 0.2) is 6.61 Å². The third-order valence-corrected chi connectivity index (χ3v) is 3.08. The van der Waals surface area contributed by atoms with Crippen LogP contribution in [0.4, 0.5) is 5.95 Å². The molecule has 1 aromatic carbocycles. The lowest BCUT2D eigenvalue weighted by atomic mass is 10.2. The molecule has 22 heavy (non-hydrogen) atoms. The molecule has 2 aromatic rings. The van der Waals surface area contributed by atoms with Gasteiger partial charge in [0, 0.05) is 17.3 Å².